The van der Waals surface area contributed by atoms with Crippen molar-refractivity contribution >= 4 is 6.02 Å². The highest BCUT2D eigenvalue weighted by Crippen LogP contribution is 2.53. The van der Waals surface area contributed by atoms with Crippen molar-refractivity contribution in [3.8, 4) is 33.9 Å². The van der Waals surface area contributed by atoms with Gasteiger partial charge in [0.1, 0.15) is 11.3 Å². The van der Waals surface area contributed by atoms with Gasteiger partial charge in [-0.15, -0.1) is 0 Å². The van der Waals surface area contributed by atoms with Crippen molar-refractivity contribution in [2.24, 2.45) is 10.7 Å². The van der Waals surface area contributed by atoms with Gasteiger partial charge in [-0.05, 0) is 48.0 Å². The molecule has 2 aliphatic rings. The van der Waals surface area contributed by atoms with Crippen molar-refractivity contribution in [2.75, 3.05) is 6.61 Å². The maximum absolute atomic E-state index is 15.3. The van der Waals surface area contributed by atoms with Gasteiger partial charge < -0.3 is 15.2 Å². The van der Waals surface area contributed by atoms with E-state index >= 15 is 4.39 Å². The predicted octanol–water partition coefficient (Wildman–Crippen LogP) is 4.57. The molecule has 0 unspecified atom stereocenters. The van der Waals surface area contributed by atoms with Gasteiger partial charge in [-0.3, -0.25) is 4.98 Å². The van der Waals surface area contributed by atoms with Crippen molar-refractivity contribution < 1.29 is 18.3 Å². The third-order valence-electron chi connectivity index (χ3n) is 6.06. The minimum atomic E-state index is -1.11. The predicted molar refractivity (Wildman–Crippen MR) is 120 cm³/mol. The molecule has 2 aliphatic heterocycles. The fourth-order valence-corrected chi connectivity index (χ4v) is 4.50. The Hall–Kier alpha value is -4.40. The van der Waals surface area contributed by atoms with Gasteiger partial charge in [0.2, 0.25) is 5.95 Å². The van der Waals surface area contributed by atoms with Gasteiger partial charge >= 0.3 is 0 Å². The molecule has 168 valence electrons. The average Bonchev–Trinajstić information content (AvgIpc) is 2.86. The van der Waals surface area contributed by atoms with Crippen molar-refractivity contribution in [1.82, 2.24) is 15.0 Å². The summed E-state index contributed by atoms with van der Waals surface area (Å²) in [5.74, 6) is -1.02. The molecule has 0 fully saturated rings. The molecule has 0 saturated carbocycles. The second-order valence-electron chi connectivity index (χ2n) is 7.98. The first-order chi connectivity index (χ1) is 16.5. The van der Waals surface area contributed by atoms with Crippen LogP contribution in [0.4, 0.5) is 8.78 Å². The zero-order valence-corrected chi connectivity index (χ0v) is 17.7. The van der Waals surface area contributed by atoms with Crippen LogP contribution in [-0.2, 0) is 10.3 Å². The monoisotopic (exact) mass is 457 g/mol. The van der Waals surface area contributed by atoms with Crippen LogP contribution < -0.4 is 10.5 Å². The zero-order valence-electron chi connectivity index (χ0n) is 17.7. The summed E-state index contributed by atoms with van der Waals surface area (Å²) < 4.78 is 41.2. The van der Waals surface area contributed by atoms with Gasteiger partial charge in [-0.25, -0.2) is 15.0 Å². The lowest BCUT2D eigenvalue weighted by atomic mass is 9.77. The summed E-state index contributed by atoms with van der Waals surface area (Å²) in [5, 5.41) is 0. The average molecular weight is 457 g/mol. The molecule has 0 aliphatic carbocycles. The van der Waals surface area contributed by atoms with Gasteiger partial charge in [0.25, 0.3) is 12.0 Å². The van der Waals surface area contributed by atoms with Gasteiger partial charge in [0, 0.05) is 47.3 Å². The van der Waals surface area contributed by atoms with Crippen LogP contribution in [0.25, 0.3) is 22.4 Å². The Balaban J connectivity index is 1.61. The number of benzene rings is 1. The molecule has 3 aromatic heterocycles. The van der Waals surface area contributed by atoms with Crippen LogP contribution in [0.3, 0.4) is 0 Å². The smallest absolute Gasteiger partial charge is 0.283 e. The number of amidine groups is 1. The summed E-state index contributed by atoms with van der Waals surface area (Å²) in [6.45, 7) is 0.256. The number of hydrogen-bond donors (Lipinski definition) is 1. The third-order valence-corrected chi connectivity index (χ3v) is 6.06. The van der Waals surface area contributed by atoms with E-state index in [4.69, 9.17) is 15.2 Å². The van der Waals surface area contributed by atoms with Crippen LogP contribution in [0.1, 0.15) is 17.5 Å². The Labute approximate surface area is 193 Å². The largest absolute Gasteiger partial charge is 0.465 e. The number of nitrogens with zero attached hydrogens (tertiary/aromatic N) is 4. The van der Waals surface area contributed by atoms with E-state index in [2.05, 4.69) is 19.9 Å². The fraction of sp³-hybridized carbons (Fsp3) is 0.120. The number of hydrogen-bond acceptors (Lipinski definition) is 7. The number of rotatable bonds is 2. The van der Waals surface area contributed by atoms with Crippen LogP contribution in [0.2, 0.25) is 0 Å². The fourth-order valence-electron chi connectivity index (χ4n) is 4.50. The van der Waals surface area contributed by atoms with Gasteiger partial charge in [0.05, 0.1) is 12.3 Å². The highest BCUT2D eigenvalue weighted by molar-refractivity contribution is 5.77. The molecule has 1 spiro atoms. The first kappa shape index (κ1) is 20.2. The van der Waals surface area contributed by atoms with Crippen LogP contribution in [-0.4, -0.2) is 27.6 Å². The van der Waals surface area contributed by atoms with Crippen LogP contribution in [0.5, 0.6) is 11.5 Å². The molecule has 4 aromatic rings. The number of aliphatic imine (C=N–C) groups is 1. The van der Waals surface area contributed by atoms with E-state index in [1.54, 1.807) is 60.9 Å². The summed E-state index contributed by atoms with van der Waals surface area (Å²) in [5.41, 5.74) is 7.91. The van der Waals surface area contributed by atoms with Crippen molar-refractivity contribution in [1.29, 1.82) is 0 Å². The standard InChI is InChI=1S/C25H17F2N5O2/c26-22-16(4-2-9-30-22)14-5-6-20-17(11-14)25(7-10-33-24(28)32-25)18-12-19(15-3-1-8-29-13-15)31-23(27)21(18)34-20/h1-6,8-9,11-13H,7,10H2,(H2,28,32)/t25-/m1/s1. The molecular formula is C25H17F2N5O2. The molecule has 9 heteroatoms. The lowest BCUT2D eigenvalue weighted by molar-refractivity contribution is 0.217. The molecule has 1 aromatic carbocycles. The Kier molecular flexibility index (Phi) is 4.51. The zero-order chi connectivity index (χ0) is 23.3. The second-order valence-corrected chi connectivity index (χ2v) is 7.98. The number of halogens is 2. The van der Waals surface area contributed by atoms with Crippen molar-refractivity contribution in [3.05, 3.63) is 90.1 Å². The van der Waals surface area contributed by atoms with E-state index in [-0.39, 0.29) is 18.4 Å². The Morgan fingerprint density at radius 2 is 1.82 bits per heavy atom. The first-order valence-corrected chi connectivity index (χ1v) is 10.6. The number of nitrogens with two attached hydrogens (primary N) is 1. The van der Waals surface area contributed by atoms with Gasteiger partial charge in [-0.2, -0.15) is 8.78 Å². The molecule has 6 rings (SSSR count). The normalized spacial score (nSPS) is 18.4. The molecule has 0 amide bonds. The quantitative estimate of drug-likeness (QED) is 0.443. The Morgan fingerprint density at radius 1 is 0.941 bits per heavy atom. The highest BCUT2D eigenvalue weighted by Gasteiger charge is 2.46. The molecule has 5 heterocycles. The summed E-state index contributed by atoms with van der Waals surface area (Å²) in [4.78, 5) is 16.6. The number of ether oxygens (including phenoxy) is 2. The molecule has 1 atom stereocenters. The lowest BCUT2D eigenvalue weighted by Gasteiger charge is -2.39. The maximum atomic E-state index is 15.3. The molecule has 0 saturated heterocycles. The Bertz CT molecular complexity index is 1460. The summed E-state index contributed by atoms with van der Waals surface area (Å²) >= 11 is 0. The molecule has 0 bridgehead atoms. The first-order valence-electron chi connectivity index (χ1n) is 10.6. The summed E-state index contributed by atoms with van der Waals surface area (Å²) in [6, 6.07) is 13.7. The maximum Gasteiger partial charge on any atom is 0.283 e. The molecule has 2 N–H and O–H groups in total. The van der Waals surface area contributed by atoms with E-state index < -0.39 is 17.4 Å². The minimum absolute atomic E-state index is 0.0249. The summed E-state index contributed by atoms with van der Waals surface area (Å²) in [6.07, 6.45) is 4.98. The van der Waals surface area contributed by atoms with E-state index in [1.165, 1.54) is 6.20 Å². The number of aromatic nitrogens is 3. The highest BCUT2D eigenvalue weighted by atomic mass is 19.1. The SMILES string of the molecule is NC1=N[C@]2(CCO1)c1cc(-c3cccnc3F)ccc1Oc1c2cc(-c2cccnc2)nc1F. The van der Waals surface area contributed by atoms with E-state index in [0.29, 0.717) is 45.7 Å². The minimum Gasteiger partial charge on any atom is -0.465 e. The van der Waals surface area contributed by atoms with E-state index in [9.17, 15) is 4.39 Å². The molecule has 34 heavy (non-hydrogen) atoms. The number of fused-ring (bicyclic) bond motifs is 4. The van der Waals surface area contributed by atoms with Crippen LogP contribution >= 0.6 is 0 Å². The van der Waals surface area contributed by atoms with E-state index in [0.717, 1.165) is 0 Å². The second kappa shape index (κ2) is 7.58. The van der Waals surface area contributed by atoms with Crippen molar-refractivity contribution in [2.45, 2.75) is 12.0 Å². The van der Waals surface area contributed by atoms with E-state index in [1.807, 2.05) is 0 Å². The number of pyridine rings is 3. The third kappa shape index (κ3) is 3.08. The summed E-state index contributed by atoms with van der Waals surface area (Å²) in [7, 11) is 0. The molecular weight excluding hydrogens is 440 g/mol. The van der Waals surface area contributed by atoms with Crippen molar-refractivity contribution in [3.63, 3.8) is 0 Å². The van der Waals surface area contributed by atoms with Crippen LogP contribution in [0.15, 0.2) is 72.1 Å². The van der Waals surface area contributed by atoms with Gasteiger partial charge in [0.15, 0.2) is 5.75 Å². The topological polar surface area (TPSA) is 95.5 Å². The molecule has 7 nitrogen and oxygen atoms in total. The molecule has 0 radical (unpaired) electrons. The Morgan fingerprint density at radius 3 is 2.62 bits per heavy atom. The van der Waals surface area contributed by atoms with Crippen LogP contribution in [0, 0.1) is 11.9 Å². The lowest BCUT2D eigenvalue weighted by Crippen LogP contribution is -2.39. The van der Waals surface area contributed by atoms with Gasteiger partial charge in [-0.1, -0.05) is 6.07 Å².